The molecule has 0 radical (unpaired) electrons. The van der Waals surface area contributed by atoms with Crippen molar-refractivity contribution in [3.05, 3.63) is 16.3 Å². The van der Waals surface area contributed by atoms with Crippen LogP contribution in [-0.2, 0) is 16.6 Å². The van der Waals surface area contributed by atoms with Crippen molar-refractivity contribution in [1.82, 2.24) is 14.5 Å². The third kappa shape index (κ3) is 3.76. The van der Waals surface area contributed by atoms with Crippen molar-refractivity contribution in [1.29, 1.82) is 0 Å². The van der Waals surface area contributed by atoms with E-state index >= 15 is 0 Å². The Hall–Kier alpha value is -0.470. The predicted molar refractivity (Wildman–Crippen MR) is 75.5 cm³/mol. The predicted octanol–water partition coefficient (Wildman–Crippen LogP) is 0.650. The van der Waals surface area contributed by atoms with Crippen LogP contribution in [0, 0.1) is 0 Å². The molecule has 104 valence electrons. The average molecular weight is 291 g/mol. The molecule has 18 heavy (non-hydrogen) atoms. The van der Waals surface area contributed by atoms with Gasteiger partial charge in [-0.1, -0.05) is 0 Å². The summed E-state index contributed by atoms with van der Waals surface area (Å²) < 4.78 is 26.2. The van der Waals surface area contributed by atoms with E-state index in [2.05, 4.69) is 5.32 Å². The van der Waals surface area contributed by atoms with Crippen molar-refractivity contribution >= 4 is 21.4 Å². The van der Waals surface area contributed by atoms with E-state index in [0.29, 0.717) is 24.5 Å². The highest BCUT2D eigenvalue weighted by Crippen LogP contribution is 2.24. The summed E-state index contributed by atoms with van der Waals surface area (Å²) in [6.45, 7) is 1.78. The fourth-order valence-electron chi connectivity index (χ4n) is 1.48. The molecule has 1 aromatic heterocycles. The van der Waals surface area contributed by atoms with Crippen LogP contribution < -0.4 is 5.32 Å². The van der Waals surface area contributed by atoms with Crippen LogP contribution in [0.5, 0.6) is 0 Å². The maximum absolute atomic E-state index is 12.4. The number of nitrogens with one attached hydrogen (secondary N) is 1. The van der Waals surface area contributed by atoms with Crippen LogP contribution in [0.25, 0.3) is 0 Å². The Morgan fingerprint density at radius 3 is 2.50 bits per heavy atom. The smallest absolute Gasteiger partial charge is 0.244 e. The summed E-state index contributed by atoms with van der Waals surface area (Å²) in [5.74, 6) is 0. The fourth-order valence-corrected chi connectivity index (χ4v) is 4.06. The van der Waals surface area contributed by atoms with Crippen molar-refractivity contribution in [2.24, 2.45) is 0 Å². The molecular formula is C11H21N3O2S2. The van der Waals surface area contributed by atoms with Gasteiger partial charge in [0.2, 0.25) is 10.0 Å². The Morgan fingerprint density at radius 2 is 1.94 bits per heavy atom. The van der Waals surface area contributed by atoms with Gasteiger partial charge in [-0.05, 0) is 32.6 Å². The third-order valence-corrected chi connectivity index (χ3v) is 5.58. The van der Waals surface area contributed by atoms with Crippen LogP contribution in [0.15, 0.2) is 16.3 Å². The minimum absolute atomic E-state index is 0.420. The van der Waals surface area contributed by atoms with E-state index < -0.39 is 10.0 Å². The standard InChI is InChI=1S/C11H21N3O2S2/c1-12-9-10-11(5-8-17-10)18(15,16)14(4)7-6-13(2)3/h5,8,12H,6-7,9H2,1-4H3. The Morgan fingerprint density at radius 1 is 1.28 bits per heavy atom. The molecule has 0 amide bonds. The van der Waals surface area contributed by atoms with Crippen molar-refractivity contribution in [3.8, 4) is 0 Å². The molecule has 1 aromatic rings. The lowest BCUT2D eigenvalue weighted by molar-refractivity contribution is 0.358. The lowest BCUT2D eigenvalue weighted by Crippen LogP contribution is -2.33. The van der Waals surface area contributed by atoms with Crippen LogP contribution >= 0.6 is 11.3 Å². The van der Waals surface area contributed by atoms with Gasteiger partial charge < -0.3 is 10.2 Å². The first-order valence-corrected chi connectivity index (χ1v) is 8.03. The average Bonchev–Trinajstić information content (AvgIpc) is 2.75. The molecule has 0 atom stereocenters. The monoisotopic (exact) mass is 291 g/mol. The largest absolute Gasteiger partial charge is 0.315 e. The minimum Gasteiger partial charge on any atom is -0.315 e. The molecule has 1 rings (SSSR count). The van der Waals surface area contributed by atoms with Gasteiger partial charge in [-0.2, -0.15) is 4.31 Å². The van der Waals surface area contributed by atoms with Crippen molar-refractivity contribution in [3.63, 3.8) is 0 Å². The normalized spacial score (nSPS) is 12.6. The molecule has 0 aliphatic rings. The van der Waals surface area contributed by atoms with Gasteiger partial charge >= 0.3 is 0 Å². The summed E-state index contributed by atoms with van der Waals surface area (Å²) in [6.07, 6.45) is 0. The quantitative estimate of drug-likeness (QED) is 0.801. The van der Waals surface area contributed by atoms with E-state index in [9.17, 15) is 8.42 Å². The van der Waals surface area contributed by atoms with E-state index in [1.165, 1.54) is 15.6 Å². The van der Waals surface area contributed by atoms with Crippen LogP contribution in [0.3, 0.4) is 0 Å². The van der Waals surface area contributed by atoms with Gasteiger partial charge in [-0.15, -0.1) is 11.3 Å². The van der Waals surface area contributed by atoms with Crippen molar-refractivity contribution in [2.45, 2.75) is 11.4 Å². The van der Waals surface area contributed by atoms with E-state index in [4.69, 9.17) is 0 Å². The first-order valence-electron chi connectivity index (χ1n) is 5.71. The summed E-state index contributed by atoms with van der Waals surface area (Å²) in [6, 6.07) is 1.68. The molecule has 7 heteroatoms. The summed E-state index contributed by atoms with van der Waals surface area (Å²) >= 11 is 1.46. The molecule has 0 unspecified atom stereocenters. The van der Waals surface area contributed by atoms with Crippen LogP contribution in [0.4, 0.5) is 0 Å². The van der Waals surface area contributed by atoms with Crippen LogP contribution in [0.1, 0.15) is 4.88 Å². The number of thiophene rings is 1. The zero-order valence-electron chi connectivity index (χ0n) is 11.3. The molecule has 0 aliphatic heterocycles. The van der Waals surface area contributed by atoms with Gasteiger partial charge in [0.1, 0.15) is 0 Å². The Labute approximate surface area is 113 Å². The number of hydrogen-bond donors (Lipinski definition) is 1. The molecule has 1 heterocycles. The molecule has 0 fully saturated rings. The van der Waals surface area contributed by atoms with E-state index in [0.717, 1.165) is 4.88 Å². The zero-order chi connectivity index (χ0) is 13.8. The molecule has 1 N–H and O–H groups in total. The summed E-state index contributed by atoms with van der Waals surface area (Å²) in [5.41, 5.74) is 0. The molecular weight excluding hydrogens is 270 g/mol. The number of likely N-dealkylation sites (N-methyl/N-ethyl adjacent to an activating group) is 2. The first kappa shape index (κ1) is 15.6. The third-order valence-electron chi connectivity index (χ3n) is 2.59. The van der Waals surface area contributed by atoms with Gasteiger partial charge in [0.05, 0.1) is 4.90 Å². The molecule has 0 saturated carbocycles. The van der Waals surface area contributed by atoms with Gasteiger partial charge in [0.15, 0.2) is 0 Å². The topological polar surface area (TPSA) is 52.7 Å². The molecule has 0 bridgehead atoms. The maximum atomic E-state index is 12.4. The van der Waals surface area contributed by atoms with Crippen molar-refractivity contribution < 1.29 is 8.42 Å². The second kappa shape index (κ2) is 6.63. The van der Waals surface area contributed by atoms with E-state index in [1.54, 1.807) is 13.1 Å². The second-order valence-electron chi connectivity index (χ2n) is 4.37. The maximum Gasteiger partial charge on any atom is 0.244 e. The molecule has 0 saturated heterocycles. The highest BCUT2D eigenvalue weighted by molar-refractivity contribution is 7.89. The number of hydrogen-bond acceptors (Lipinski definition) is 5. The highest BCUT2D eigenvalue weighted by atomic mass is 32.2. The minimum atomic E-state index is -3.37. The number of sulfonamides is 1. The molecule has 0 aromatic carbocycles. The molecule has 0 spiro atoms. The number of nitrogens with zero attached hydrogens (tertiary/aromatic N) is 2. The van der Waals surface area contributed by atoms with Crippen molar-refractivity contribution in [2.75, 3.05) is 41.3 Å². The van der Waals surface area contributed by atoms with Crippen LogP contribution in [-0.4, -0.2) is 58.9 Å². The van der Waals surface area contributed by atoms with Crippen LogP contribution in [0.2, 0.25) is 0 Å². The second-order valence-corrected chi connectivity index (χ2v) is 7.38. The lowest BCUT2D eigenvalue weighted by Gasteiger charge is -2.19. The van der Waals surface area contributed by atoms with E-state index in [-0.39, 0.29) is 0 Å². The zero-order valence-corrected chi connectivity index (χ0v) is 12.9. The number of rotatable bonds is 7. The first-order chi connectivity index (χ1) is 8.39. The Kier molecular flexibility index (Phi) is 5.74. The van der Waals surface area contributed by atoms with Gasteiger partial charge in [-0.25, -0.2) is 8.42 Å². The summed E-state index contributed by atoms with van der Waals surface area (Å²) in [4.78, 5) is 3.24. The summed E-state index contributed by atoms with van der Waals surface area (Å²) in [5, 5.41) is 4.81. The SMILES string of the molecule is CNCc1sccc1S(=O)(=O)N(C)CCN(C)C. The van der Waals surface area contributed by atoms with Gasteiger partial charge in [0, 0.05) is 31.6 Å². The summed E-state index contributed by atoms with van der Waals surface area (Å²) in [7, 11) is 3.93. The van der Waals surface area contributed by atoms with Gasteiger partial charge in [0.25, 0.3) is 0 Å². The van der Waals surface area contributed by atoms with E-state index in [1.807, 2.05) is 31.4 Å². The molecule has 5 nitrogen and oxygen atoms in total. The highest BCUT2D eigenvalue weighted by Gasteiger charge is 2.24. The fraction of sp³-hybridized carbons (Fsp3) is 0.636. The Balaban J connectivity index is 2.88. The lowest BCUT2D eigenvalue weighted by atomic mass is 10.5. The molecule has 0 aliphatic carbocycles. The Bertz CT molecular complexity index is 468. The van der Waals surface area contributed by atoms with Gasteiger partial charge in [-0.3, -0.25) is 0 Å².